The van der Waals surface area contributed by atoms with Gasteiger partial charge in [-0.3, -0.25) is 0 Å². The number of halogens is 4. The molecule has 0 bridgehead atoms. The number of aromatic amines is 1. The van der Waals surface area contributed by atoms with E-state index in [1.165, 1.54) is 57.4 Å². The minimum absolute atomic E-state index is 0.00350. The SMILES string of the molecule is CC(C)(C)OC(=O)N(c1cc(C(=O)OCC(=O)O[C@@H](Cc2c(Cl)c[nH+]cc2Cl)c2ccc(OC(F)F)c(OCC3CC3)c2)ccn1)S(C)(=O)=O. The van der Waals surface area contributed by atoms with Gasteiger partial charge in [0.25, 0.3) is 0 Å². The van der Waals surface area contributed by atoms with Crippen molar-refractivity contribution in [2.24, 2.45) is 5.92 Å². The van der Waals surface area contributed by atoms with Gasteiger partial charge in [-0.15, -0.1) is 0 Å². The molecule has 2 aromatic heterocycles. The predicted octanol–water partition coefficient (Wildman–Crippen LogP) is 5.98. The molecule has 1 saturated carbocycles. The Kier molecular flexibility index (Phi) is 12.5. The number of amides is 1. The number of carbonyl (C=O) groups is 3. The van der Waals surface area contributed by atoms with Crippen LogP contribution in [0.4, 0.5) is 19.4 Å². The molecule has 1 aliphatic rings. The number of esters is 2. The number of pyridine rings is 2. The average Bonchev–Trinajstić information content (AvgIpc) is 3.84. The van der Waals surface area contributed by atoms with E-state index in [1.54, 1.807) is 0 Å². The second-order valence-corrected chi connectivity index (χ2v) is 14.8. The fourth-order valence-electron chi connectivity index (χ4n) is 4.37. The molecule has 18 heteroatoms. The highest BCUT2D eigenvalue weighted by atomic mass is 35.5. The highest BCUT2D eigenvalue weighted by Gasteiger charge is 2.32. The number of benzene rings is 1. The minimum Gasteiger partial charge on any atom is -0.489 e. The number of rotatable bonds is 14. The maximum atomic E-state index is 13.1. The molecule has 0 spiro atoms. The molecule has 1 aromatic carbocycles. The van der Waals surface area contributed by atoms with Gasteiger partial charge in [0.05, 0.1) is 18.4 Å². The lowest BCUT2D eigenvalue weighted by molar-refractivity contribution is -0.377. The Morgan fingerprint density at radius 3 is 2.34 bits per heavy atom. The molecule has 1 N–H and O–H groups in total. The van der Waals surface area contributed by atoms with Crippen LogP contribution in [0.2, 0.25) is 10.0 Å². The summed E-state index contributed by atoms with van der Waals surface area (Å²) < 4.78 is 77.8. The smallest absolute Gasteiger partial charge is 0.430 e. The van der Waals surface area contributed by atoms with Gasteiger partial charge in [-0.1, -0.05) is 29.3 Å². The first-order valence-electron chi connectivity index (χ1n) is 15.0. The number of ether oxygens (including phenoxy) is 5. The largest absolute Gasteiger partial charge is 0.489 e. The Bertz CT molecular complexity index is 1820. The zero-order chi connectivity index (χ0) is 36.8. The van der Waals surface area contributed by atoms with Crippen molar-refractivity contribution in [2.45, 2.75) is 58.4 Å². The van der Waals surface area contributed by atoms with Gasteiger partial charge < -0.3 is 23.7 Å². The number of aromatic nitrogens is 2. The molecule has 3 aromatic rings. The second kappa shape index (κ2) is 16.2. The second-order valence-electron chi connectivity index (χ2n) is 12.1. The third kappa shape index (κ3) is 11.1. The topological polar surface area (TPSA) is 162 Å². The first kappa shape index (κ1) is 38.5. The summed E-state index contributed by atoms with van der Waals surface area (Å²) in [5.41, 5.74) is -0.599. The summed E-state index contributed by atoms with van der Waals surface area (Å²) in [7, 11) is -4.25. The Morgan fingerprint density at radius 1 is 1.06 bits per heavy atom. The van der Waals surface area contributed by atoms with E-state index in [-0.39, 0.29) is 50.4 Å². The maximum absolute atomic E-state index is 13.1. The summed E-state index contributed by atoms with van der Waals surface area (Å²) in [6.07, 6.45) is 4.16. The highest BCUT2D eigenvalue weighted by molar-refractivity contribution is 7.92. The number of alkyl halides is 2. The lowest BCUT2D eigenvalue weighted by Crippen LogP contribution is -2.41. The average molecular weight is 762 g/mol. The number of carbonyl (C=O) groups excluding carboxylic acids is 3. The quantitative estimate of drug-likeness (QED) is 0.140. The van der Waals surface area contributed by atoms with Crippen LogP contribution in [0.5, 0.6) is 11.5 Å². The van der Waals surface area contributed by atoms with Crippen molar-refractivity contribution in [3.05, 3.63) is 75.7 Å². The summed E-state index contributed by atoms with van der Waals surface area (Å²) in [5, 5.41) is 0.437. The van der Waals surface area contributed by atoms with Crippen LogP contribution in [-0.4, -0.2) is 63.1 Å². The van der Waals surface area contributed by atoms with Gasteiger partial charge in [-0.2, -0.15) is 13.1 Å². The fraction of sp³-hybridized carbons (Fsp3) is 0.406. The number of nitrogens with one attached hydrogen (secondary N) is 1. The van der Waals surface area contributed by atoms with E-state index < -0.39 is 58.8 Å². The Morgan fingerprint density at radius 2 is 1.74 bits per heavy atom. The predicted molar refractivity (Wildman–Crippen MR) is 175 cm³/mol. The number of hydrogen-bond acceptors (Lipinski definition) is 11. The van der Waals surface area contributed by atoms with Gasteiger partial charge in [0.15, 0.2) is 36.3 Å². The van der Waals surface area contributed by atoms with Crippen LogP contribution in [-0.2, 0) is 35.4 Å². The van der Waals surface area contributed by atoms with Gasteiger partial charge in [0.2, 0.25) is 10.0 Å². The molecule has 2 heterocycles. The van der Waals surface area contributed by atoms with Gasteiger partial charge in [0, 0.05) is 18.2 Å². The van der Waals surface area contributed by atoms with Gasteiger partial charge in [-0.25, -0.2) is 32.8 Å². The van der Waals surface area contributed by atoms with Crippen molar-refractivity contribution in [3.8, 4) is 11.5 Å². The monoisotopic (exact) mass is 760 g/mol. The van der Waals surface area contributed by atoms with Crippen molar-refractivity contribution >= 4 is 57.1 Å². The molecular weight excluding hydrogens is 727 g/mol. The summed E-state index contributed by atoms with van der Waals surface area (Å²) in [6, 6.07) is 6.21. The summed E-state index contributed by atoms with van der Waals surface area (Å²) in [6.45, 7) is 0.862. The molecule has 1 aliphatic carbocycles. The van der Waals surface area contributed by atoms with E-state index in [9.17, 15) is 31.6 Å². The molecular formula is C32H34Cl2F2N3O10S+. The van der Waals surface area contributed by atoms with Crippen molar-refractivity contribution in [2.75, 3.05) is 23.8 Å². The van der Waals surface area contributed by atoms with E-state index in [1.807, 2.05) is 0 Å². The molecule has 0 radical (unpaired) electrons. The Labute approximate surface area is 296 Å². The van der Waals surface area contributed by atoms with E-state index >= 15 is 0 Å². The van der Waals surface area contributed by atoms with Crippen LogP contribution in [0.25, 0.3) is 0 Å². The first-order valence-corrected chi connectivity index (χ1v) is 17.6. The zero-order valence-electron chi connectivity index (χ0n) is 27.3. The molecule has 50 heavy (non-hydrogen) atoms. The van der Waals surface area contributed by atoms with Crippen LogP contribution in [0.3, 0.4) is 0 Å². The third-order valence-electron chi connectivity index (χ3n) is 6.79. The molecule has 0 aliphatic heterocycles. The van der Waals surface area contributed by atoms with Crippen molar-refractivity contribution < 1.29 is 60.3 Å². The van der Waals surface area contributed by atoms with Crippen LogP contribution >= 0.6 is 23.2 Å². The number of anilines is 1. The standard InChI is InChI=1S/C32H33Cl2F2N3O10S/c1-32(2,3)49-31(42)39(50(4,43)44)27-12-20(9-10-38-27)29(41)46-17-28(40)47-25(13-21-22(33)14-37-15-23(21)34)19-7-8-24(48-30(35)36)26(11-19)45-16-18-5-6-18/h7-12,14-15,18,25,30H,5-6,13,16-17H2,1-4H3/p+1/t25-/m0/s1. The molecule has 1 amide bonds. The van der Waals surface area contributed by atoms with Crippen molar-refractivity contribution in [1.82, 2.24) is 4.98 Å². The maximum Gasteiger partial charge on any atom is 0.430 e. The number of H-pyrrole nitrogens is 1. The van der Waals surface area contributed by atoms with E-state index in [2.05, 4.69) is 14.7 Å². The van der Waals surface area contributed by atoms with Crippen LogP contribution in [0.1, 0.15) is 61.2 Å². The number of sulfonamides is 1. The summed E-state index contributed by atoms with van der Waals surface area (Å²) in [5.74, 6) is -2.48. The minimum atomic E-state index is -4.25. The molecule has 13 nitrogen and oxygen atoms in total. The Hall–Kier alpha value is -4.28. The lowest BCUT2D eigenvalue weighted by Gasteiger charge is -2.25. The number of hydrogen-bond donors (Lipinski definition) is 0. The van der Waals surface area contributed by atoms with E-state index in [4.69, 9.17) is 42.1 Å². The first-order chi connectivity index (χ1) is 23.4. The van der Waals surface area contributed by atoms with Gasteiger partial charge in [0.1, 0.15) is 21.8 Å². The molecule has 4 rings (SSSR count). The lowest BCUT2D eigenvalue weighted by atomic mass is 10.0. The normalized spacial score (nSPS) is 13.7. The summed E-state index contributed by atoms with van der Waals surface area (Å²) >= 11 is 12.7. The third-order valence-corrected chi connectivity index (χ3v) is 8.46. The van der Waals surface area contributed by atoms with Crippen LogP contribution in [0.15, 0.2) is 48.9 Å². The van der Waals surface area contributed by atoms with Crippen molar-refractivity contribution in [1.29, 1.82) is 0 Å². The van der Waals surface area contributed by atoms with Crippen molar-refractivity contribution in [3.63, 3.8) is 0 Å². The van der Waals surface area contributed by atoms with E-state index in [0.717, 1.165) is 31.4 Å². The Balaban J connectivity index is 1.54. The van der Waals surface area contributed by atoms with Crippen LogP contribution < -0.4 is 18.8 Å². The molecule has 1 atom stereocenters. The van der Waals surface area contributed by atoms with Crippen LogP contribution in [0, 0.1) is 5.92 Å². The molecule has 0 saturated heterocycles. The number of nitrogens with zero attached hydrogens (tertiary/aromatic N) is 2. The molecule has 1 fully saturated rings. The van der Waals surface area contributed by atoms with Gasteiger partial charge in [-0.05, 0) is 69.4 Å². The van der Waals surface area contributed by atoms with Gasteiger partial charge >= 0.3 is 24.6 Å². The fourth-order valence-corrected chi connectivity index (χ4v) is 5.65. The summed E-state index contributed by atoms with van der Waals surface area (Å²) in [4.78, 5) is 45.4. The zero-order valence-corrected chi connectivity index (χ0v) is 29.6. The molecule has 270 valence electrons. The van der Waals surface area contributed by atoms with E-state index in [0.29, 0.717) is 11.1 Å². The highest BCUT2D eigenvalue weighted by Crippen LogP contribution is 2.38. The molecule has 0 unspecified atom stereocenters.